The summed E-state index contributed by atoms with van der Waals surface area (Å²) in [5, 5.41) is 0. The second kappa shape index (κ2) is 8.30. The second-order valence-corrected chi connectivity index (χ2v) is 9.45. The summed E-state index contributed by atoms with van der Waals surface area (Å²) in [5.74, 6) is -0.922. The Bertz CT molecular complexity index is 1250. The molecule has 3 aromatic rings. The van der Waals surface area contributed by atoms with Gasteiger partial charge in [0.1, 0.15) is 0 Å². The molecule has 0 radical (unpaired) electrons. The number of esters is 1. The Morgan fingerprint density at radius 1 is 1.10 bits per heavy atom. The quantitative estimate of drug-likeness (QED) is 0.578. The number of methoxy groups -OCH3 is 1. The molecule has 152 valence electrons. The molecule has 0 aliphatic rings. The number of ether oxygens (including phenoxy) is 1. The molecule has 0 aliphatic carbocycles. The van der Waals surface area contributed by atoms with Gasteiger partial charge in [0.15, 0.2) is 14.6 Å². The first kappa shape index (κ1) is 20.9. The van der Waals surface area contributed by atoms with Crippen molar-refractivity contribution in [3.8, 4) is 0 Å². The lowest BCUT2D eigenvalue weighted by atomic mass is 10.1. The number of sulfone groups is 1. The molecule has 1 aromatic heterocycles. The number of hydrogen-bond donors (Lipinski definition) is 0. The average molecular weight is 433 g/mol. The van der Waals surface area contributed by atoms with Gasteiger partial charge in [-0.15, -0.1) is 0 Å². The molecule has 1 heterocycles. The van der Waals surface area contributed by atoms with Crippen LogP contribution in [-0.2, 0) is 21.1 Å². The first-order chi connectivity index (χ1) is 13.7. The Morgan fingerprint density at radius 2 is 1.76 bits per heavy atom. The van der Waals surface area contributed by atoms with Crippen LogP contribution in [0.15, 0.2) is 52.4 Å². The lowest BCUT2D eigenvalue weighted by molar-refractivity contribution is 0.0600. The van der Waals surface area contributed by atoms with E-state index in [1.54, 1.807) is 18.2 Å². The van der Waals surface area contributed by atoms with Crippen LogP contribution in [0, 0.1) is 0 Å². The van der Waals surface area contributed by atoms with Crippen LogP contribution in [0.4, 0.5) is 0 Å². The summed E-state index contributed by atoms with van der Waals surface area (Å²) in [7, 11) is -2.04. The number of rotatable bonds is 5. The molecular formula is C20H20N2O5S2. The van der Waals surface area contributed by atoms with Gasteiger partial charge in [-0.25, -0.2) is 13.2 Å². The molecule has 7 nitrogen and oxygen atoms in total. The number of benzene rings is 2. The van der Waals surface area contributed by atoms with Crippen molar-refractivity contribution in [1.82, 2.24) is 4.57 Å². The highest BCUT2D eigenvalue weighted by atomic mass is 32.2. The molecule has 0 atom stereocenters. The van der Waals surface area contributed by atoms with Gasteiger partial charge in [0.2, 0.25) is 0 Å². The fraction of sp³-hybridized carbons (Fsp3) is 0.250. The number of hydrogen-bond acceptors (Lipinski definition) is 6. The van der Waals surface area contributed by atoms with Gasteiger partial charge in [-0.1, -0.05) is 18.3 Å². The number of amides is 1. The molecule has 0 saturated carbocycles. The fourth-order valence-corrected chi connectivity index (χ4v) is 4.64. The predicted octanol–water partition coefficient (Wildman–Crippen LogP) is 3.04. The van der Waals surface area contributed by atoms with E-state index in [9.17, 15) is 18.0 Å². The normalized spacial score (nSPS) is 12.3. The molecule has 2 aromatic carbocycles. The van der Waals surface area contributed by atoms with E-state index in [2.05, 4.69) is 9.73 Å². The Kier molecular flexibility index (Phi) is 5.99. The Balaban J connectivity index is 2.07. The Morgan fingerprint density at radius 3 is 2.34 bits per heavy atom. The van der Waals surface area contributed by atoms with E-state index >= 15 is 0 Å². The van der Waals surface area contributed by atoms with E-state index in [0.717, 1.165) is 22.9 Å². The number of aryl methyl sites for hydroxylation is 1. The minimum atomic E-state index is -3.33. The first-order valence-corrected chi connectivity index (χ1v) is 11.6. The number of carbonyl (C=O) groups is 2. The van der Waals surface area contributed by atoms with E-state index in [1.165, 1.54) is 42.7 Å². The lowest BCUT2D eigenvalue weighted by Crippen LogP contribution is -2.17. The standard InChI is InChI=1S/C20H20N2O5S2/c1-4-11-22-16-10-9-15(29(3,25)26)12-17(16)28-20(22)21-18(23)13-5-7-14(8-6-13)19(24)27-2/h5-10,12H,4,11H2,1-3H3. The monoisotopic (exact) mass is 432 g/mol. The third-order valence-electron chi connectivity index (χ3n) is 4.28. The molecule has 29 heavy (non-hydrogen) atoms. The van der Waals surface area contributed by atoms with Crippen LogP contribution >= 0.6 is 11.3 Å². The zero-order valence-corrected chi connectivity index (χ0v) is 17.8. The van der Waals surface area contributed by atoms with E-state index in [4.69, 9.17) is 0 Å². The molecular weight excluding hydrogens is 412 g/mol. The summed E-state index contributed by atoms with van der Waals surface area (Å²) in [4.78, 5) is 29.1. The molecule has 0 aliphatic heterocycles. The van der Waals surface area contributed by atoms with E-state index in [-0.39, 0.29) is 4.90 Å². The molecule has 0 bridgehead atoms. The van der Waals surface area contributed by atoms with Crippen LogP contribution in [-0.4, -0.2) is 38.2 Å². The molecule has 1 amide bonds. The Labute approximate surface area is 172 Å². The van der Waals surface area contributed by atoms with Crippen LogP contribution in [0.2, 0.25) is 0 Å². The van der Waals surface area contributed by atoms with Gasteiger partial charge in [-0.2, -0.15) is 4.99 Å². The van der Waals surface area contributed by atoms with E-state index < -0.39 is 21.7 Å². The predicted molar refractivity (Wildman–Crippen MR) is 111 cm³/mol. The summed E-state index contributed by atoms with van der Waals surface area (Å²) in [6.07, 6.45) is 1.99. The van der Waals surface area contributed by atoms with E-state index in [1.807, 2.05) is 11.5 Å². The smallest absolute Gasteiger partial charge is 0.337 e. The fourth-order valence-electron chi connectivity index (χ4n) is 2.83. The minimum Gasteiger partial charge on any atom is -0.465 e. The zero-order valence-electron chi connectivity index (χ0n) is 16.2. The summed E-state index contributed by atoms with van der Waals surface area (Å²) in [6, 6.07) is 11.0. The van der Waals surface area contributed by atoms with Crippen LogP contribution in [0.25, 0.3) is 10.2 Å². The Hall–Kier alpha value is -2.78. The van der Waals surface area contributed by atoms with Crippen molar-refractivity contribution in [3.63, 3.8) is 0 Å². The van der Waals surface area contributed by atoms with Gasteiger partial charge in [0, 0.05) is 18.4 Å². The van der Waals surface area contributed by atoms with Crippen LogP contribution in [0.5, 0.6) is 0 Å². The molecule has 0 N–H and O–H groups in total. The highest BCUT2D eigenvalue weighted by Gasteiger charge is 2.13. The third-order valence-corrected chi connectivity index (χ3v) is 6.43. The van der Waals surface area contributed by atoms with Crippen LogP contribution in [0.3, 0.4) is 0 Å². The van der Waals surface area contributed by atoms with Gasteiger partial charge < -0.3 is 9.30 Å². The van der Waals surface area contributed by atoms with Crippen LogP contribution < -0.4 is 4.80 Å². The van der Waals surface area contributed by atoms with Crippen LogP contribution in [0.1, 0.15) is 34.1 Å². The first-order valence-electron chi connectivity index (χ1n) is 8.85. The maximum absolute atomic E-state index is 12.6. The van der Waals surface area contributed by atoms with Crippen molar-refractivity contribution in [3.05, 3.63) is 58.4 Å². The topological polar surface area (TPSA) is 94.8 Å². The maximum Gasteiger partial charge on any atom is 0.337 e. The van der Waals surface area contributed by atoms with Crippen molar-refractivity contribution in [1.29, 1.82) is 0 Å². The number of thiazole rings is 1. The highest BCUT2D eigenvalue weighted by molar-refractivity contribution is 7.90. The van der Waals surface area contributed by atoms with Crippen molar-refractivity contribution in [2.24, 2.45) is 4.99 Å². The largest absolute Gasteiger partial charge is 0.465 e. The summed E-state index contributed by atoms with van der Waals surface area (Å²) < 4.78 is 31.0. The van der Waals surface area contributed by atoms with Gasteiger partial charge in [-0.05, 0) is 48.9 Å². The number of aromatic nitrogens is 1. The third kappa shape index (κ3) is 4.46. The van der Waals surface area contributed by atoms with E-state index in [0.29, 0.717) is 22.5 Å². The van der Waals surface area contributed by atoms with Gasteiger partial charge >= 0.3 is 5.97 Å². The minimum absolute atomic E-state index is 0.228. The lowest BCUT2D eigenvalue weighted by Gasteiger charge is -2.04. The van der Waals surface area contributed by atoms with Crippen molar-refractivity contribution >= 4 is 43.3 Å². The molecule has 0 unspecified atom stereocenters. The molecule has 0 fully saturated rings. The number of fused-ring (bicyclic) bond motifs is 1. The maximum atomic E-state index is 12.6. The molecule has 0 saturated heterocycles. The molecule has 3 rings (SSSR count). The molecule has 0 spiro atoms. The summed E-state index contributed by atoms with van der Waals surface area (Å²) in [5.41, 5.74) is 1.52. The summed E-state index contributed by atoms with van der Waals surface area (Å²) in [6.45, 7) is 2.66. The second-order valence-electron chi connectivity index (χ2n) is 6.42. The van der Waals surface area contributed by atoms with Gasteiger partial charge in [-0.3, -0.25) is 4.79 Å². The summed E-state index contributed by atoms with van der Waals surface area (Å²) >= 11 is 1.27. The zero-order chi connectivity index (χ0) is 21.2. The highest BCUT2D eigenvalue weighted by Crippen LogP contribution is 2.22. The van der Waals surface area contributed by atoms with Gasteiger partial charge in [0.05, 0.1) is 27.8 Å². The SMILES string of the molecule is CCCn1c(=NC(=O)c2ccc(C(=O)OC)cc2)sc2cc(S(C)(=O)=O)ccc21. The van der Waals surface area contributed by atoms with Gasteiger partial charge in [0.25, 0.3) is 5.91 Å². The number of nitrogens with zero attached hydrogens (tertiary/aromatic N) is 2. The number of carbonyl (C=O) groups excluding carboxylic acids is 2. The van der Waals surface area contributed by atoms with Crippen molar-refractivity contribution < 1.29 is 22.7 Å². The van der Waals surface area contributed by atoms with Crippen molar-refractivity contribution in [2.75, 3.05) is 13.4 Å². The average Bonchev–Trinajstić information content (AvgIpc) is 3.03. The van der Waals surface area contributed by atoms with Crippen molar-refractivity contribution in [2.45, 2.75) is 24.8 Å². The molecule has 9 heteroatoms.